The molecule has 82 valence electrons. The average Bonchev–Trinajstić information content (AvgIpc) is 2.65. The van der Waals surface area contributed by atoms with Gasteiger partial charge in [0.15, 0.2) is 0 Å². The van der Waals surface area contributed by atoms with Gasteiger partial charge < -0.3 is 9.88 Å². The van der Waals surface area contributed by atoms with E-state index in [0.29, 0.717) is 0 Å². The molecule has 1 aromatic heterocycles. The number of rotatable bonds is 3. The number of nitrogens with one attached hydrogen (secondary N) is 1. The molecule has 15 heavy (non-hydrogen) atoms. The molecular weight excluding hydrogens is 210 g/mol. The summed E-state index contributed by atoms with van der Waals surface area (Å²) >= 11 is 6.06. The molecule has 2 heterocycles. The number of alkyl halides is 1. The quantitative estimate of drug-likeness (QED) is 0.626. The Kier molecular flexibility index (Phi) is 3.44. The van der Waals surface area contributed by atoms with Crippen molar-refractivity contribution >= 4 is 11.6 Å². The summed E-state index contributed by atoms with van der Waals surface area (Å²) in [4.78, 5) is 4.36. The third-order valence-electron chi connectivity index (χ3n) is 2.64. The van der Waals surface area contributed by atoms with Gasteiger partial charge in [-0.2, -0.15) is 0 Å². The summed E-state index contributed by atoms with van der Waals surface area (Å²) in [6.07, 6.45) is 6.92. The van der Waals surface area contributed by atoms with Crippen LogP contribution in [0.25, 0.3) is 0 Å². The smallest absolute Gasteiger partial charge is 0.112 e. The predicted octanol–water partition coefficient (Wildman–Crippen LogP) is 1.58. The first kappa shape index (κ1) is 10.7. The van der Waals surface area contributed by atoms with Gasteiger partial charge in [0.25, 0.3) is 0 Å². The molecule has 0 aromatic carbocycles. The van der Waals surface area contributed by atoms with Crippen molar-refractivity contribution in [2.24, 2.45) is 0 Å². The second kappa shape index (κ2) is 4.81. The highest BCUT2D eigenvalue weighted by atomic mass is 35.5. The van der Waals surface area contributed by atoms with Crippen LogP contribution in [0.15, 0.2) is 24.0 Å². The summed E-state index contributed by atoms with van der Waals surface area (Å²) < 4.78 is 2.17. The SMILES string of the molecule is CCn1ccnc1CC1=CC(Cl)CNC1. The van der Waals surface area contributed by atoms with Gasteiger partial charge in [-0.3, -0.25) is 0 Å². The zero-order valence-corrected chi connectivity index (χ0v) is 9.67. The molecule has 0 radical (unpaired) electrons. The van der Waals surface area contributed by atoms with Crippen LogP contribution in [-0.4, -0.2) is 28.0 Å². The van der Waals surface area contributed by atoms with Crippen molar-refractivity contribution in [3.63, 3.8) is 0 Å². The standard InChI is InChI=1S/C11H16ClN3/c1-2-15-4-3-14-11(15)6-9-5-10(12)8-13-7-9/h3-5,10,13H,2,6-8H2,1H3. The minimum Gasteiger partial charge on any atom is -0.335 e. The lowest BCUT2D eigenvalue weighted by Gasteiger charge is -2.18. The molecule has 2 rings (SSSR count). The van der Waals surface area contributed by atoms with E-state index in [1.54, 1.807) is 0 Å². The van der Waals surface area contributed by atoms with Gasteiger partial charge in [-0.1, -0.05) is 11.6 Å². The molecule has 0 spiro atoms. The summed E-state index contributed by atoms with van der Waals surface area (Å²) in [6, 6.07) is 0. The van der Waals surface area contributed by atoms with Crippen LogP contribution in [0.5, 0.6) is 0 Å². The van der Waals surface area contributed by atoms with Gasteiger partial charge in [-0.05, 0) is 6.92 Å². The summed E-state index contributed by atoms with van der Waals surface area (Å²) in [5, 5.41) is 3.42. The summed E-state index contributed by atoms with van der Waals surface area (Å²) in [7, 11) is 0. The van der Waals surface area contributed by atoms with E-state index in [9.17, 15) is 0 Å². The number of aromatic nitrogens is 2. The fourth-order valence-corrected chi connectivity index (χ4v) is 2.15. The summed E-state index contributed by atoms with van der Waals surface area (Å²) in [5.41, 5.74) is 1.34. The lowest BCUT2D eigenvalue weighted by molar-refractivity contribution is 0.664. The zero-order chi connectivity index (χ0) is 10.7. The van der Waals surface area contributed by atoms with Gasteiger partial charge >= 0.3 is 0 Å². The van der Waals surface area contributed by atoms with Gasteiger partial charge in [0, 0.05) is 38.4 Å². The van der Waals surface area contributed by atoms with Crippen LogP contribution < -0.4 is 5.32 Å². The van der Waals surface area contributed by atoms with Crippen molar-refractivity contribution in [2.75, 3.05) is 13.1 Å². The number of imidazole rings is 1. The van der Waals surface area contributed by atoms with Crippen LogP contribution in [0, 0.1) is 0 Å². The third kappa shape index (κ3) is 2.61. The fourth-order valence-electron chi connectivity index (χ4n) is 1.86. The van der Waals surface area contributed by atoms with E-state index in [-0.39, 0.29) is 5.38 Å². The number of hydrogen-bond donors (Lipinski definition) is 1. The van der Waals surface area contributed by atoms with Gasteiger partial charge in [0.1, 0.15) is 5.82 Å². The van der Waals surface area contributed by atoms with Crippen LogP contribution in [0.1, 0.15) is 12.7 Å². The van der Waals surface area contributed by atoms with Crippen LogP contribution in [0.4, 0.5) is 0 Å². The van der Waals surface area contributed by atoms with Crippen LogP contribution in [0.2, 0.25) is 0 Å². The molecule has 1 aliphatic rings. The van der Waals surface area contributed by atoms with E-state index < -0.39 is 0 Å². The third-order valence-corrected chi connectivity index (χ3v) is 2.92. The van der Waals surface area contributed by atoms with Gasteiger partial charge in [-0.25, -0.2) is 4.98 Å². The number of hydrogen-bond acceptors (Lipinski definition) is 2. The van der Waals surface area contributed by atoms with E-state index in [0.717, 1.165) is 31.9 Å². The van der Waals surface area contributed by atoms with Crippen molar-refractivity contribution < 1.29 is 0 Å². The molecule has 1 unspecified atom stereocenters. The van der Waals surface area contributed by atoms with Gasteiger partial charge in [0.2, 0.25) is 0 Å². The summed E-state index contributed by atoms with van der Waals surface area (Å²) in [5.74, 6) is 1.12. The summed E-state index contributed by atoms with van der Waals surface area (Å²) in [6.45, 7) is 4.90. The zero-order valence-electron chi connectivity index (χ0n) is 8.91. The lowest BCUT2D eigenvalue weighted by Crippen LogP contribution is -2.30. The van der Waals surface area contributed by atoms with E-state index in [4.69, 9.17) is 11.6 Å². The van der Waals surface area contributed by atoms with Crippen molar-refractivity contribution in [3.05, 3.63) is 29.9 Å². The molecule has 3 nitrogen and oxygen atoms in total. The van der Waals surface area contributed by atoms with Crippen LogP contribution >= 0.6 is 11.6 Å². The van der Waals surface area contributed by atoms with Crippen molar-refractivity contribution in [1.29, 1.82) is 0 Å². The Labute approximate surface area is 95.1 Å². The highest BCUT2D eigenvalue weighted by Gasteiger charge is 2.12. The minimum atomic E-state index is 0.124. The first-order valence-corrected chi connectivity index (χ1v) is 5.77. The van der Waals surface area contributed by atoms with Crippen molar-refractivity contribution in [1.82, 2.24) is 14.9 Å². The first-order chi connectivity index (χ1) is 7.29. The van der Waals surface area contributed by atoms with Crippen molar-refractivity contribution in [3.8, 4) is 0 Å². The Balaban J connectivity index is 2.08. The molecule has 1 aliphatic heterocycles. The monoisotopic (exact) mass is 225 g/mol. The lowest BCUT2D eigenvalue weighted by atomic mass is 10.1. The van der Waals surface area contributed by atoms with E-state index in [1.165, 1.54) is 5.57 Å². The maximum Gasteiger partial charge on any atom is 0.112 e. The largest absolute Gasteiger partial charge is 0.335 e. The first-order valence-electron chi connectivity index (χ1n) is 5.34. The second-order valence-corrected chi connectivity index (χ2v) is 4.34. The molecule has 4 heteroatoms. The maximum atomic E-state index is 6.06. The Hall–Kier alpha value is -0.800. The van der Waals surface area contributed by atoms with Crippen LogP contribution in [-0.2, 0) is 13.0 Å². The number of aryl methyl sites for hydroxylation is 1. The highest BCUT2D eigenvalue weighted by molar-refractivity contribution is 6.22. The Morgan fingerprint density at radius 2 is 2.53 bits per heavy atom. The minimum absolute atomic E-state index is 0.124. The number of nitrogens with zero attached hydrogens (tertiary/aromatic N) is 2. The predicted molar refractivity (Wildman–Crippen MR) is 62.2 cm³/mol. The fraction of sp³-hybridized carbons (Fsp3) is 0.545. The molecule has 0 fully saturated rings. The Morgan fingerprint density at radius 1 is 1.67 bits per heavy atom. The molecule has 0 amide bonds. The van der Waals surface area contributed by atoms with E-state index in [1.807, 2.05) is 12.4 Å². The molecule has 0 aliphatic carbocycles. The Bertz CT molecular complexity index is 356. The molecule has 1 aromatic rings. The van der Waals surface area contributed by atoms with E-state index in [2.05, 4.69) is 27.9 Å². The highest BCUT2D eigenvalue weighted by Crippen LogP contribution is 2.12. The molecule has 1 atom stereocenters. The Morgan fingerprint density at radius 3 is 3.27 bits per heavy atom. The van der Waals surface area contributed by atoms with Gasteiger partial charge in [0.05, 0.1) is 5.38 Å². The molecule has 0 bridgehead atoms. The second-order valence-electron chi connectivity index (χ2n) is 3.78. The van der Waals surface area contributed by atoms with Crippen LogP contribution in [0.3, 0.4) is 0 Å². The molecule has 0 saturated heterocycles. The molecule has 1 N–H and O–H groups in total. The molecular formula is C11H16ClN3. The van der Waals surface area contributed by atoms with Gasteiger partial charge in [-0.15, -0.1) is 11.6 Å². The number of halogens is 1. The molecule has 0 saturated carbocycles. The average molecular weight is 226 g/mol. The van der Waals surface area contributed by atoms with E-state index >= 15 is 0 Å². The topological polar surface area (TPSA) is 29.9 Å². The normalized spacial score (nSPS) is 21.5. The maximum absolute atomic E-state index is 6.06. The van der Waals surface area contributed by atoms with Crippen molar-refractivity contribution in [2.45, 2.75) is 25.3 Å².